The highest BCUT2D eigenvalue weighted by molar-refractivity contribution is 7.87. The SMILES string of the molecule is Cc1nc(CCNS(=O)(=O)N2CCC(CN)CC2)cs1. The van der Waals surface area contributed by atoms with Crippen LogP contribution >= 0.6 is 11.3 Å². The Kier molecular flexibility index (Phi) is 5.50. The maximum Gasteiger partial charge on any atom is 0.279 e. The molecule has 0 bridgehead atoms. The maximum atomic E-state index is 12.1. The van der Waals surface area contributed by atoms with Crippen LogP contribution in [-0.4, -0.2) is 43.9 Å². The van der Waals surface area contributed by atoms with Gasteiger partial charge in [-0.2, -0.15) is 12.7 Å². The average Bonchev–Trinajstić information content (AvgIpc) is 2.84. The second kappa shape index (κ2) is 6.95. The Bertz CT molecular complexity index is 521. The number of nitrogens with one attached hydrogen (secondary N) is 1. The van der Waals surface area contributed by atoms with Gasteiger partial charge in [0.1, 0.15) is 0 Å². The van der Waals surface area contributed by atoms with Crippen LogP contribution in [0.1, 0.15) is 23.5 Å². The third kappa shape index (κ3) is 4.23. The van der Waals surface area contributed by atoms with Gasteiger partial charge in [0.2, 0.25) is 0 Å². The molecule has 1 aromatic rings. The van der Waals surface area contributed by atoms with E-state index in [1.807, 2.05) is 12.3 Å². The third-order valence-corrected chi connectivity index (χ3v) is 6.02. The van der Waals surface area contributed by atoms with Gasteiger partial charge in [0, 0.05) is 31.4 Å². The Morgan fingerprint density at radius 1 is 1.50 bits per heavy atom. The van der Waals surface area contributed by atoms with Crippen molar-refractivity contribution < 1.29 is 8.42 Å². The van der Waals surface area contributed by atoms with Crippen molar-refractivity contribution in [3.8, 4) is 0 Å². The Morgan fingerprint density at radius 2 is 2.20 bits per heavy atom. The maximum absolute atomic E-state index is 12.1. The minimum absolute atomic E-state index is 0.391. The van der Waals surface area contributed by atoms with Crippen LogP contribution < -0.4 is 10.5 Å². The molecule has 1 aromatic heterocycles. The first-order valence-corrected chi connectivity index (χ1v) is 9.19. The zero-order valence-electron chi connectivity index (χ0n) is 11.7. The van der Waals surface area contributed by atoms with E-state index in [0.717, 1.165) is 23.5 Å². The molecule has 114 valence electrons. The minimum atomic E-state index is -3.36. The summed E-state index contributed by atoms with van der Waals surface area (Å²) in [6.45, 7) is 4.10. The quantitative estimate of drug-likeness (QED) is 0.799. The van der Waals surface area contributed by atoms with E-state index in [1.165, 1.54) is 4.31 Å². The molecule has 3 N–H and O–H groups in total. The van der Waals surface area contributed by atoms with Gasteiger partial charge in [0.05, 0.1) is 10.7 Å². The molecular formula is C12H22N4O2S2. The van der Waals surface area contributed by atoms with Gasteiger partial charge in [-0.1, -0.05) is 0 Å². The fraction of sp³-hybridized carbons (Fsp3) is 0.750. The number of nitrogens with two attached hydrogens (primary N) is 1. The van der Waals surface area contributed by atoms with Gasteiger partial charge in [0.25, 0.3) is 10.2 Å². The summed E-state index contributed by atoms with van der Waals surface area (Å²) in [4.78, 5) is 4.32. The van der Waals surface area contributed by atoms with E-state index in [0.29, 0.717) is 38.5 Å². The molecule has 0 amide bonds. The van der Waals surface area contributed by atoms with Gasteiger partial charge < -0.3 is 5.73 Å². The molecule has 2 rings (SSSR count). The molecule has 1 aliphatic heterocycles. The van der Waals surface area contributed by atoms with Crippen LogP contribution in [0, 0.1) is 12.8 Å². The summed E-state index contributed by atoms with van der Waals surface area (Å²) in [5, 5.41) is 2.97. The van der Waals surface area contributed by atoms with Crippen LogP contribution in [-0.2, 0) is 16.6 Å². The zero-order valence-corrected chi connectivity index (χ0v) is 13.3. The predicted octanol–water partition coefficient (Wildman–Crippen LogP) is 0.499. The monoisotopic (exact) mass is 318 g/mol. The molecule has 0 unspecified atom stereocenters. The number of piperidine rings is 1. The fourth-order valence-corrected chi connectivity index (χ4v) is 4.19. The normalized spacial score (nSPS) is 18.5. The second-order valence-electron chi connectivity index (χ2n) is 5.09. The van der Waals surface area contributed by atoms with Crippen molar-refractivity contribution in [3.63, 3.8) is 0 Å². The Labute approximate surface area is 124 Å². The fourth-order valence-electron chi connectivity index (χ4n) is 2.31. The highest BCUT2D eigenvalue weighted by atomic mass is 32.2. The van der Waals surface area contributed by atoms with Crippen molar-refractivity contribution in [3.05, 3.63) is 16.1 Å². The Balaban J connectivity index is 1.79. The number of aromatic nitrogens is 1. The third-order valence-electron chi connectivity index (χ3n) is 3.58. The topological polar surface area (TPSA) is 88.3 Å². The number of aryl methyl sites for hydroxylation is 1. The number of nitrogens with zero attached hydrogens (tertiary/aromatic N) is 2. The lowest BCUT2D eigenvalue weighted by molar-refractivity contribution is 0.276. The first kappa shape index (κ1) is 15.8. The number of thiazole rings is 1. The lowest BCUT2D eigenvalue weighted by Gasteiger charge is -2.30. The smallest absolute Gasteiger partial charge is 0.279 e. The lowest BCUT2D eigenvalue weighted by Crippen LogP contribution is -2.46. The molecule has 20 heavy (non-hydrogen) atoms. The van der Waals surface area contributed by atoms with Crippen LogP contribution in [0.5, 0.6) is 0 Å². The first-order valence-electron chi connectivity index (χ1n) is 6.87. The molecule has 8 heteroatoms. The van der Waals surface area contributed by atoms with Crippen LogP contribution in [0.2, 0.25) is 0 Å². The summed E-state index contributed by atoms with van der Waals surface area (Å²) in [5.74, 6) is 0.458. The van der Waals surface area contributed by atoms with E-state index < -0.39 is 10.2 Å². The molecular weight excluding hydrogens is 296 g/mol. The van der Waals surface area contributed by atoms with E-state index >= 15 is 0 Å². The highest BCUT2D eigenvalue weighted by Gasteiger charge is 2.26. The van der Waals surface area contributed by atoms with Crippen molar-refractivity contribution in [1.29, 1.82) is 0 Å². The molecule has 1 aliphatic rings. The molecule has 0 atom stereocenters. The van der Waals surface area contributed by atoms with E-state index in [-0.39, 0.29) is 0 Å². The van der Waals surface area contributed by atoms with Gasteiger partial charge in [0.15, 0.2) is 0 Å². The second-order valence-corrected chi connectivity index (χ2v) is 7.90. The molecule has 0 spiro atoms. The Hall–Kier alpha value is -0.540. The summed E-state index contributed by atoms with van der Waals surface area (Å²) < 4.78 is 28.5. The summed E-state index contributed by atoms with van der Waals surface area (Å²) >= 11 is 1.58. The van der Waals surface area contributed by atoms with Crippen LogP contribution in [0.4, 0.5) is 0 Å². The molecule has 0 aromatic carbocycles. The molecule has 0 saturated carbocycles. The lowest BCUT2D eigenvalue weighted by atomic mass is 9.99. The standard InChI is InChI=1S/C12H22N4O2S2/c1-10-15-12(9-19-10)2-5-14-20(17,18)16-6-3-11(8-13)4-7-16/h9,11,14H,2-8,13H2,1H3. The van der Waals surface area contributed by atoms with Crippen molar-refractivity contribution in [2.45, 2.75) is 26.2 Å². The van der Waals surface area contributed by atoms with Crippen LogP contribution in [0.3, 0.4) is 0 Å². The largest absolute Gasteiger partial charge is 0.330 e. The van der Waals surface area contributed by atoms with Gasteiger partial charge in [-0.3, -0.25) is 0 Å². The molecule has 0 radical (unpaired) electrons. The average molecular weight is 318 g/mol. The molecule has 0 aliphatic carbocycles. The highest BCUT2D eigenvalue weighted by Crippen LogP contribution is 2.17. The van der Waals surface area contributed by atoms with E-state index in [1.54, 1.807) is 11.3 Å². The van der Waals surface area contributed by atoms with E-state index in [2.05, 4.69) is 9.71 Å². The van der Waals surface area contributed by atoms with E-state index in [4.69, 9.17) is 5.73 Å². The summed E-state index contributed by atoms with van der Waals surface area (Å²) in [6.07, 6.45) is 2.33. The molecule has 6 nitrogen and oxygen atoms in total. The van der Waals surface area contributed by atoms with E-state index in [9.17, 15) is 8.42 Å². The predicted molar refractivity (Wildman–Crippen MR) is 80.8 cm³/mol. The Morgan fingerprint density at radius 3 is 2.75 bits per heavy atom. The van der Waals surface area contributed by atoms with Crippen LogP contribution in [0.25, 0.3) is 0 Å². The molecule has 2 heterocycles. The van der Waals surface area contributed by atoms with Gasteiger partial charge >= 0.3 is 0 Å². The zero-order chi connectivity index (χ0) is 14.6. The van der Waals surface area contributed by atoms with Crippen molar-refractivity contribution in [2.75, 3.05) is 26.2 Å². The summed E-state index contributed by atoms with van der Waals surface area (Å²) in [6, 6.07) is 0. The number of hydrogen-bond acceptors (Lipinski definition) is 5. The summed E-state index contributed by atoms with van der Waals surface area (Å²) in [7, 11) is -3.36. The van der Waals surface area contributed by atoms with Crippen molar-refractivity contribution >= 4 is 21.5 Å². The molecule has 1 fully saturated rings. The van der Waals surface area contributed by atoms with Crippen molar-refractivity contribution in [1.82, 2.24) is 14.0 Å². The first-order chi connectivity index (χ1) is 9.51. The summed E-state index contributed by atoms with van der Waals surface area (Å²) in [5.41, 5.74) is 6.56. The molecule has 1 saturated heterocycles. The van der Waals surface area contributed by atoms with Crippen molar-refractivity contribution in [2.24, 2.45) is 11.7 Å². The minimum Gasteiger partial charge on any atom is -0.330 e. The number of hydrogen-bond donors (Lipinski definition) is 2. The van der Waals surface area contributed by atoms with Gasteiger partial charge in [-0.25, -0.2) is 9.71 Å². The van der Waals surface area contributed by atoms with Gasteiger partial charge in [-0.15, -0.1) is 11.3 Å². The van der Waals surface area contributed by atoms with Crippen LogP contribution in [0.15, 0.2) is 5.38 Å². The van der Waals surface area contributed by atoms with Gasteiger partial charge in [-0.05, 0) is 32.2 Å². The number of rotatable bonds is 6.